The summed E-state index contributed by atoms with van der Waals surface area (Å²) < 4.78 is 7.04. The Morgan fingerprint density at radius 1 is 1.19 bits per heavy atom. The first-order valence-electron chi connectivity index (χ1n) is 8.49. The van der Waals surface area contributed by atoms with E-state index in [1.807, 2.05) is 50.3 Å². The number of benzene rings is 1. The molecule has 2 heterocycles. The van der Waals surface area contributed by atoms with Crippen LogP contribution in [0.4, 0.5) is 0 Å². The van der Waals surface area contributed by atoms with Crippen molar-refractivity contribution in [3.05, 3.63) is 81.8 Å². The summed E-state index contributed by atoms with van der Waals surface area (Å²) in [7, 11) is 0. The van der Waals surface area contributed by atoms with Crippen molar-refractivity contribution in [3.63, 3.8) is 0 Å². The summed E-state index contributed by atoms with van der Waals surface area (Å²) in [6.07, 6.45) is 5.14. The smallest absolute Gasteiger partial charge is 0.343 e. The van der Waals surface area contributed by atoms with Gasteiger partial charge in [-0.25, -0.2) is 9.78 Å². The van der Waals surface area contributed by atoms with Gasteiger partial charge in [-0.3, -0.25) is 4.79 Å². The molecule has 0 aliphatic carbocycles. The average Bonchev–Trinajstić information content (AvgIpc) is 2.66. The highest BCUT2D eigenvalue weighted by molar-refractivity contribution is 5.93. The molecule has 0 aliphatic rings. The lowest BCUT2D eigenvalue weighted by molar-refractivity contribution is 0.0548. The summed E-state index contributed by atoms with van der Waals surface area (Å²) in [5.74, 6) is -0.627. The summed E-state index contributed by atoms with van der Waals surface area (Å²) in [6, 6.07) is 13.2. The number of hydrogen-bond acceptors (Lipinski definition) is 4. The molecule has 0 atom stereocenters. The zero-order chi connectivity index (χ0) is 18.5. The summed E-state index contributed by atoms with van der Waals surface area (Å²) >= 11 is 0. The van der Waals surface area contributed by atoms with E-state index in [0.717, 1.165) is 11.3 Å². The Labute approximate surface area is 151 Å². The van der Waals surface area contributed by atoms with Crippen LogP contribution in [-0.4, -0.2) is 22.1 Å². The van der Waals surface area contributed by atoms with Crippen LogP contribution in [0.1, 0.15) is 28.5 Å². The maximum absolute atomic E-state index is 12.6. The minimum atomic E-state index is -0.627. The molecule has 26 heavy (non-hydrogen) atoms. The lowest BCUT2D eigenvalue weighted by atomic mass is 10.2. The molecule has 3 aromatic rings. The highest BCUT2D eigenvalue weighted by Crippen LogP contribution is 2.11. The molecular weight excluding hydrogens is 328 g/mol. The first kappa shape index (κ1) is 17.6. The largest absolute Gasteiger partial charge is 0.458 e. The molecule has 1 aromatic carbocycles. The standard InChI is InChI=1S/C21H20N2O3/c1-3-23-14-18(19(24)17-12-11-15(2)22-20(17)23)21(25)26-13-7-10-16-8-5-4-6-9-16/h4-12,14H,3,13H2,1-2H3/b10-7+. The fourth-order valence-corrected chi connectivity index (χ4v) is 2.70. The number of fused-ring (bicyclic) bond motifs is 1. The van der Waals surface area contributed by atoms with Crippen LogP contribution in [0.15, 0.2) is 59.5 Å². The molecule has 0 saturated heterocycles. The number of aryl methyl sites for hydroxylation is 2. The highest BCUT2D eigenvalue weighted by Gasteiger charge is 2.16. The second-order valence-corrected chi connectivity index (χ2v) is 5.89. The normalized spacial score (nSPS) is 11.2. The van der Waals surface area contributed by atoms with Gasteiger partial charge in [-0.2, -0.15) is 0 Å². The first-order chi connectivity index (χ1) is 12.6. The third kappa shape index (κ3) is 3.72. The number of esters is 1. The van der Waals surface area contributed by atoms with Crippen molar-refractivity contribution in [1.29, 1.82) is 0 Å². The van der Waals surface area contributed by atoms with Crippen molar-refractivity contribution >= 4 is 23.1 Å². The van der Waals surface area contributed by atoms with E-state index in [0.29, 0.717) is 17.6 Å². The predicted molar refractivity (Wildman–Crippen MR) is 102 cm³/mol. The average molecular weight is 348 g/mol. The van der Waals surface area contributed by atoms with E-state index in [1.54, 1.807) is 22.8 Å². The fraction of sp³-hybridized carbons (Fsp3) is 0.190. The lowest BCUT2D eigenvalue weighted by Gasteiger charge is -2.10. The third-order valence-electron chi connectivity index (χ3n) is 4.04. The number of carbonyl (C=O) groups excluding carboxylic acids is 1. The Kier molecular flexibility index (Phi) is 5.27. The van der Waals surface area contributed by atoms with Crippen molar-refractivity contribution in [1.82, 2.24) is 9.55 Å². The minimum Gasteiger partial charge on any atom is -0.458 e. The van der Waals surface area contributed by atoms with Gasteiger partial charge in [-0.15, -0.1) is 0 Å². The number of rotatable bonds is 5. The summed E-state index contributed by atoms with van der Waals surface area (Å²) in [5, 5.41) is 0.423. The molecule has 132 valence electrons. The zero-order valence-corrected chi connectivity index (χ0v) is 14.8. The van der Waals surface area contributed by atoms with Gasteiger partial charge in [-0.05, 0) is 37.6 Å². The van der Waals surface area contributed by atoms with E-state index in [9.17, 15) is 9.59 Å². The lowest BCUT2D eigenvalue weighted by Crippen LogP contribution is -2.21. The molecule has 0 aliphatic heterocycles. The molecule has 0 saturated carbocycles. The Hall–Kier alpha value is -3.21. The monoisotopic (exact) mass is 348 g/mol. The molecule has 0 spiro atoms. The Morgan fingerprint density at radius 2 is 1.96 bits per heavy atom. The van der Waals surface area contributed by atoms with Crippen LogP contribution in [0.3, 0.4) is 0 Å². The molecule has 5 nitrogen and oxygen atoms in total. The molecular formula is C21H20N2O3. The number of pyridine rings is 2. The molecule has 5 heteroatoms. The van der Waals surface area contributed by atoms with E-state index in [1.165, 1.54) is 6.20 Å². The quantitative estimate of drug-likeness (QED) is 0.661. The zero-order valence-electron chi connectivity index (χ0n) is 14.8. The molecule has 0 bridgehead atoms. The number of hydrogen-bond donors (Lipinski definition) is 0. The Bertz CT molecular complexity index is 1020. The van der Waals surface area contributed by atoms with E-state index >= 15 is 0 Å². The van der Waals surface area contributed by atoms with E-state index in [4.69, 9.17) is 4.74 Å². The maximum Gasteiger partial charge on any atom is 0.343 e. The summed E-state index contributed by atoms with van der Waals surface area (Å²) in [5.41, 5.74) is 2.09. The van der Waals surface area contributed by atoms with Crippen molar-refractivity contribution in [2.24, 2.45) is 0 Å². The first-order valence-corrected chi connectivity index (χ1v) is 8.49. The molecule has 0 N–H and O–H groups in total. The van der Waals surface area contributed by atoms with Gasteiger partial charge in [0.15, 0.2) is 0 Å². The number of ether oxygens (including phenoxy) is 1. The maximum atomic E-state index is 12.6. The topological polar surface area (TPSA) is 61.2 Å². The molecule has 0 unspecified atom stereocenters. The van der Waals surface area contributed by atoms with Gasteiger partial charge < -0.3 is 9.30 Å². The predicted octanol–water partition coefficient (Wildman–Crippen LogP) is 3.60. The van der Waals surface area contributed by atoms with Crippen LogP contribution in [-0.2, 0) is 11.3 Å². The Morgan fingerprint density at radius 3 is 2.69 bits per heavy atom. The fourth-order valence-electron chi connectivity index (χ4n) is 2.70. The molecule has 3 rings (SSSR count). The van der Waals surface area contributed by atoms with Crippen LogP contribution in [0, 0.1) is 6.92 Å². The van der Waals surface area contributed by atoms with Crippen LogP contribution in [0.5, 0.6) is 0 Å². The second kappa shape index (κ2) is 7.78. The number of nitrogens with zero attached hydrogens (tertiary/aromatic N) is 2. The number of aromatic nitrogens is 2. The molecule has 2 aromatic heterocycles. The van der Waals surface area contributed by atoms with Crippen LogP contribution in [0.2, 0.25) is 0 Å². The van der Waals surface area contributed by atoms with E-state index < -0.39 is 5.97 Å². The van der Waals surface area contributed by atoms with E-state index in [-0.39, 0.29) is 17.6 Å². The third-order valence-corrected chi connectivity index (χ3v) is 4.04. The highest BCUT2D eigenvalue weighted by atomic mass is 16.5. The summed E-state index contributed by atoms with van der Waals surface area (Å²) in [4.78, 5) is 29.4. The SMILES string of the molecule is CCn1cc(C(=O)OC/C=C/c2ccccc2)c(=O)c2ccc(C)nc21. The minimum absolute atomic E-state index is 0.0260. The van der Waals surface area contributed by atoms with Gasteiger partial charge in [-0.1, -0.05) is 36.4 Å². The second-order valence-electron chi connectivity index (χ2n) is 5.89. The van der Waals surface area contributed by atoms with Crippen molar-refractivity contribution < 1.29 is 9.53 Å². The van der Waals surface area contributed by atoms with Gasteiger partial charge in [0.1, 0.15) is 17.8 Å². The molecule has 0 fully saturated rings. The molecule has 0 amide bonds. The summed E-state index contributed by atoms with van der Waals surface area (Å²) in [6.45, 7) is 4.50. The van der Waals surface area contributed by atoms with Gasteiger partial charge >= 0.3 is 5.97 Å². The van der Waals surface area contributed by atoms with Crippen LogP contribution in [0.25, 0.3) is 17.1 Å². The number of carbonyl (C=O) groups is 1. The van der Waals surface area contributed by atoms with Crippen molar-refractivity contribution in [2.45, 2.75) is 20.4 Å². The van der Waals surface area contributed by atoms with E-state index in [2.05, 4.69) is 4.98 Å². The van der Waals surface area contributed by atoms with Crippen LogP contribution < -0.4 is 5.43 Å². The van der Waals surface area contributed by atoms with Gasteiger partial charge in [0.05, 0.1) is 5.39 Å². The van der Waals surface area contributed by atoms with Crippen molar-refractivity contribution in [2.75, 3.05) is 6.61 Å². The van der Waals surface area contributed by atoms with Gasteiger partial charge in [0.25, 0.3) is 0 Å². The van der Waals surface area contributed by atoms with Crippen molar-refractivity contribution in [3.8, 4) is 0 Å². The van der Waals surface area contributed by atoms with Crippen LogP contribution >= 0.6 is 0 Å². The Balaban J connectivity index is 1.82. The van der Waals surface area contributed by atoms with Gasteiger partial charge in [0, 0.05) is 18.4 Å². The molecule has 0 radical (unpaired) electrons. The van der Waals surface area contributed by atoms with Gasteiger partial charge in [0.2, 0.25) is 5.43 Å².